The Bertz CT molecular complexity index is 4650. The van der Waals surface area contributed by atoms with Gasteiger partial charge in [-0.25, -0.2) is 0 Å². The molecule has 5 atom stereocenters. The number of carbonyl (C=O) groups is 6. The molecule has 3 aliphatic heterocycles. The van der Waals surface area contributed by atoms with Gasteiger partial charge in [-0.1, -0.05) is 150 Å². The summed E-state index contributed by atoms with van der Waals surface area (Å²) in [6.45, 7) is 2.61. The zero-order valence-corrected chi connectivity index (χ0v) is 60.5. The topological polar surface area (TPSA) is 231 Å². The molecule has 3 saturated carbocycles. The first kappa shape index (κ1) is 75.3. The highest BCUT2D eigenvalue weighted by molar-refractivity contribution is 6.46. The number of rotatable bonds is 18. The number of halogens is 6. The maximum absolute atomic E-state index is 13.4. The van der Waals surface area contributed by atoms with Crippen LogP contribution in [-0.4, -0.2) is 107 Å². The number of aldehydes is 1. The van der Waals surface area contributed by atoms with Crippen molar-refractivity contribution in [2.24, 2.45) is 38.9 Å². The first-order chi connectivity index (χ1) is 48.6. The number of carboxylic acids is 1. The van der Waals surface area contributed by atoms with Crippen LogP contribution in [0.15, 0.2) is 134 Å². The lowest BCUT2D eigenvalue weighted by Crippen LogP contribution is -2.47. The zero-order chi connectivity index (χ0) is 71.7. The van der Waals surface area contributed by atoms with E-state index in [1.165, 1.54) is 18.4 Å². The number of aliphatic carboxylic acids is 1. The molecule has 5 unspecified atom stereocenters. The molecule has 6 heterocycles. The van der Waals surface area contributed by atoms with Crippen molar-refractivity contribution in [3.8, 4) is 0 Å². The van der Waals surface area contributed by atoms with Crippen LogP contribution in [0.2, 0.25) is 30.1 Å². The number of benzene rings is 6. The number of aryl methyl sites for hydroxylation is 3. The van der Waals surface area contributed by atoms with E-state index in [0.717, 1.165) is 98.1 Å². The summed E-state index contributed by atoms with van der Waals surface area (Å²) in [6, 6.07) is 40.1. The largest absolute Gasteiger partial charge is 0.504 e. The molecule has 3 amide bonds. The number of methoxy groups -OCH3 is 1. The minimum absolute atomic E-state index is 0. The van der Waals surface area contributed by atoms with E-state index in [9.17, 15) is 29.1 Å². The van der Waals surface area contributed by atoms with E-state index in [4.69, 9.17) is 98.5 Å². The number of carbonyl (C=O) groups excluding carboxylic acids is 4. The number of hydrogen-bond donors (Lipinski definition) is 5. The summed E-state index contributed by atoms with van der Waals surface area (Å²) < 4.78 is 27.9. The van der Waals surface area contributed by atoms with Crippen molar-refractivity contribution in [2.45, 2.75) is 93.7 Å². The molecule has 102 heavy (non-hydrogen) atoms. The van der Waals surface area contributed by atoms with Crippen LogP contribution in [0.4, 0.5) is 0 Å². The zero-order valence-electron chi connectivity index (χ0n) is 55.9. The number of amides is 3. The fraction of sp³-hybridized carbons (Fsp3) is 0.359. The molecule has 3 aromatic heterocycles. The number of nitrogens with zero attached hydrogens (tertiary/aromatic N) is 3. The Kier molecular flexibility index (Phi) is 23.3. The van der Waals surface area contributed by atoms with Crippen LogP contribution in [0.5, 0.6) is 0 Å². The molecule has 6 fully saturated rings. The van der Waals surface area contributed by atoms with Gasteiger partial charge in [0.15, 0.2) is 0 Å². The Labute approximate surface area is 621 Å². The molecule has 18 nitrogen and oxygen atoms in total. The van der Waals surface area contributed by atoms with Crippen LogP contribution in [0.3, 0.4) is 0 Å². The van der Waals surface area contributed by atoms with Crippen LogP contribution < -0.4 is 16.0 Å². The van der Waals surface area contributed by atoms with Crippen molar-refractivity contribution in [3.05, 3.63) is 214 Å². The van der Waals surface area contributed by atoms with E-state index >= 15 is 0 Å². The molecule has 0 bridgehead atoms. The maximum atomic E-state index is 13.4. The maximum Gasteiger partial charge on any atom is 0.311 e. The Morgan fingerprint density at radius 2 is 0.863 bits per heavy atom. The summed E-state index contributed by atoms with van der Waals surface area (Å²) in [4.78, 5) is 71.8. The first-order valence-electron chi connectivity index (χ1n) is 33.4. The van der Waals surface area contributed by atoms with E-state index in [-0.39, 0.29) is 43.5 Å². The molecular weight excluding hydrogens is 1430 g/mol. The van der Waals surface area contributed by atoms with Crippen molar-refractivity contribution < 1.29 is 57.9 Å². The predicted molar refractivity (Wildman–Crippen MR) is 400 cm³/mol. The average molecular weight is 1510 g/mol. The van der Waals surface area contributed by atoms with Crippen LogP contribution in [0, 0.1) is 17.8 Å². The molecule has 9 aromatic rings. The molecule has 6 aliphatic rings. The molecule has 6 aromatic carbocycles. The molecule has 3 saturated heterocycles. The highest BCUT2D eigenvalue weighted by atomic mass is 35.5. The van der Waals surface area contributed by atoms with Gasteiger partial charge in [-0.3, -0.25) is 24.0 Å². The molecule has 3 aliphatic carbocycles. The van der Waals surface area contributed by atoms with Gasteiger partial charge >= 0.3 is 5.97 Å². The van der Waals surface area contributed by atoms with Crippen molar-refractivity contribution in [3.63, 3.8) is 0 Å². The minimum Gasteiger partial charge on any atom is -0.504 e. The van der Waals surface area contributed by atoms with Gasteiger partial charge in [0.05, 0.1) is 85.9 Å². The number of hydrogen-bond acceptors (Lipinski definition) is 10. The lowest BCUT2D eigenvalue weighted by molar-refractivity contribution is -0.139. The van der Waals surface area contributed by atoms with Crippen LogP contribution in [0.25, 0.3) is 38.3 Å². The van der Waals surface area contributed by atoms with Gasteiger partial charge in [-0.2, -0.15) is 0 Å². The number of fused-ring (bicyclic) bond motifs is 3. The first-order valence-corrected chi connectivity index (χ1v) is 35.7. The van der Waals surface area contributed by atoms with Crippen molar-refractivity contribution in [1.82, 2.24) is 29.7 Å². The van der Waals surface area contributed by atoms with E-state index < -0.39 is 28.5 Å². The van der Waals surface area contributed by atoms with Gasteiger partial charge in [-0.15, -0.1) is 0 Å². The number of allylic oxidation sites excluding steroid dienone is 1. The molecule has 15 rings (SSSR count). The van der Waals surface area contributed by atoms with Crippen LogP contribution in [0.1, 0.15) is 142 Å². The fourth-order valence-electron chi connectivity index (χ4n) is 14.3. The van der Waals surface area contributed by atoms with Crippen LogP contribution >= 0.6 is 69.6 Å². The smallest absolute Gasteiger partial charge is 0.311 e. The van der Waals surface area contributed by atoms with Gasteiger partial charge in [0.2, 0.25) is 0 Å². The predicted octanol–water partition coefficient (Wildman–Crippen LogP) is 16.6. The summed E-state index contributed by atoms with van der Waals surface area (Å²) in [7, 11) is 7.20. The Morgan fingerprint density at radius 3 is 1.16 bits per heavy atom. The SMILES string of the molecule is C.CO/C=C(/c1ccc(C2(NC(=O)c3cc4c(Cl)c(Cl)ccc4n3C)CCOC2)cc1)C1CC1.Cn1c(C(=O)NC2(c3ccc(C(C(=O)O)C4CC4)cc3)CCOC2)cc2c(Cl)c(Cl)ccc21.Cn1c(C(=O)NC2(c3ccc(C(C=O)C4CC4)cc3)CCOC2)cc2c(Cl)c(Cl)ccc21.O=CO. The van der Waals surface area contributed by atoms with E-state index in [1.54, 1.807) is 48.1 Å². The normalized spacial score (nSPS) is 20.5. The lowest BCUT2D eigenvalue weighted by atomic mass is 9.86. The number of ether oxygens (including phenoxy) is 4. The van der Waals surface area contributed by atoms with E-state index in [1.807, 2.05) is 103 Å². The lowest BCUT2D eigenvalue weighted by Gasteiger charge is -2.30. The number of carboxylic acid groups (broad SMARTS) is 2. The highest BCUT2D eigenvalue weighted by Gasteiger charge is 2.44. The monoisotopic (exact) mass is 1500 g/mol. The van der Waals surface area contributed by atoms with Crippen molar-refractivity contribution in [1.29, 1.82) is 0 Å². The summed E-state index contributed by atoms with van der Waals surface area (Å²) in [5, 5.41) is 31.1. The highest BCUT2D eigenvalue weighted by Crippen LogP contribution is 2.46. The van der Waals surface area contributed by atoms with Gasteiger partial charge in [0, 0.05) is 98.9 Å². The number of nitrogens with one attached hydrogen (secondary N) is 3. The van der Waals surface area contributed by atoms with E-state index in [2.05, 4.69) is 40.2 Å². The van der Waals surface area contributed by atoms with Gasteiger partial charge < -0.3 is 63.6 Å². The molecule has 0 radical (unpaired) electrons. The minimum atomic E-state index is -0.785. The fourth-order valence-corrected chi connectivity index (χ4v) is 15.5. The second-order valence-electron chi connectivity index (χ2n) is 26.8. The summed E-state index contributed by atoms with van der Waals surface area (Å²) in [5.41, 5.74) is 9.24. The Balaban J connectivity index is 0.000000150. The molecule has 0 spiro atoms. The Morgan fingerprint density at radius 1 is 0.520 bits per heavy atom. The summed E-state index contributed by atoms with van der Waals surface area (Å²) in [6.07, 6.45) is 11.4. The van der Waals surface area contributed by atoms with Crippen molar-refractivity contribution in [2.75, 3.05) is 46.8 Å². The molecule has 5 N–H and O–H groups in total. The molecule has 536 valence electrons. The quantitative estimate of drug-likeness (QED) is 0.0399. The summed E-state index contributed by atoms with van der Waals surface area (Å²) in [5.74, 6) is -0.659. The summed E-state index contributed by atoms with van der Waals surface area (Å²) >= 11 is 37.6. The average Bonchev–Trinajstić information content (AvgIpc) is 1.59. The van der Waals surface area contributed by atoms with Gasteiger partial charge in [0.1, 0.15) is 23.4 Å². The third-order valence-electron chi connectivity index (χ3n) is 20.5. The second-order valence-corrected chi connectivity index (χ2v) is 29.2. The molecule has 24 heteroatoms. The van der Waals surface area contributed by atoms with E-state index in [0.29, 0.717) is 118 Å². The Hall–Kier alpha value is -7.88. The second kappa shape index (κ2) is 31.6. The standard InChI is InChI=1S/C26H26Cl2N2O3.C25H24Cl2N2O4.C25H24Cl2N2O3.CH2O2.CH4/c1-30-22-10-9-21(27)24(28)19(22)13-23(30)25(31)29-26(11-12-33-15-26)18-7-5-17(6-8-18)20(14-32-2)16-3-4-16;1-29-19-9-8-18(26)22(27)17(19)12-20(29)23(30)28-25(10-11-33-13-25)16-6-4-15(5-7-16)21(24(31)32)14-2-3-14;1-29-21-9-8-20(26)23(27)18(21)12-22(29)24(31)28-25(10-11-32-14-25)17-6-4-16(5-7-17)19(13-30)15-2-3-15;2-1-3;/h5-10,13-14,16H,3-4,11-12,15H2,1-2H3,(H,29,31);4-9,12,14,21H,2-3,10-11,13H2,1H3,(H,28,30)(H,31,32);4-9,12-13,15,19H,2-3,10-11,14H2,1H3,(H,28,31);1H,(H,2,3);1H4/b20-14+;;;;. The third kappa shape index (κ3) is 15.4. The molecular formula is C78H80Cl6N6O12. The van der Waals surface area contributed by atoms with Gasteiger partial charge in [-0.05, 0) is 150 Å². The third-order valence-corrected chi connectivity index (χ3v) is 23.0. The number of aromatic nitrogens is 3. The van der Waals surface area contributed by atoms with Crippen molar-refractivity contribution >= 4 is 144 Å². The van der Waals surface area contributed by atoms with Gasteiger partial charge in [0.25, 0.3) is 24.2 Å². The van der Waals surface area contributed by atoms with Crippen LogP contribution in [-0.2, 0) is 71.1 Å².